The molecule has 3 atom stereocenters. The van der Waals surface area contributed by atoms with Crippen LogP contribution >= 0.6 is 11.8 Å². The number of hydrogen-bond donors (Lipinski definition) is 0. The van der Waals surface area contributed by atoms with Crippen LogP contribution in [0.5, 0.6) is 0 Å². The van der Waals surface area contributed by atoms with E-state index >= 15 is 0 Å². The lowest BCUT2D eigenvalue weighted by Crippen LogP contribution is -2.45. The Morgan fingerprint density at radius 1 is 0.426 bits per heavy atom. The Morgan fingerprint density at radius 3 is 1.51 bits per heavy atom. The highest BCUT2D eigenvalue weighted by Gasteiger charge is 2.57. The first-order chi connectivity index (χ1) is 33.7. The van der Waals surface area contributed by atoms with Crippen molar-refractivity contribution in [3.63, 3.8) is 0 Å². The summed E-state index contributed by atoms with van der Waals surface area (Å²) in [6.45, 7) is 0. The summed E-state index contributed by atoms with van der Waals surface area (Å²) in [4.78, 5) is 31.2. The molecular formula is C61H42N6S. The van der Waals surface area contributed by atoms with Gasteiger partial charge < -0.3 is 0 Å². The average Bonchev–Trinajstić information content (AvgIpc) is 3.72. The van der Waals surface area contributed by atoms with Gasteiger partial charge in [-0.1, -0.05) is 170 Å². The number of aromatic nitrogens is 6. The van der Waals surface area contributed by atoms with Crippen LogP contribution in [-0.2, 0) is 5.41 Å². The van der Waals surface area contributed by atoms with E-state index in [1.54, 1.807) is 0 Å². The molecule has 7 heteroatoms. The Morgan fingerprint density at radius 2 is 0.941 bits per heavy atom. The van der Waals surface area contributed by atoms with E-state index in [-0.39, 0.29) is 11.2 Å². The fourth-order valence-electron chi connectivity index (χ4n) is 10.8. The largest absolute Gasteiger partial charge is 0.255 e. The smallest absolute Gasteiger partial charge is 0.164 e. The van der Waals surface area contributed by atoms with Gasteiger partial charge in [-0.15, -0.1) is 11.8 Å². The quantitative estimate of drug-likeness (QED) is 0.158. The maximum Gasteiger partial charge on any atom is 0.164 e. The van der Waals surface area contributed by atoms with Crippen molar-refractivity contribution in [2.24, 2.45) is 5.92 Å². The molecule has 3 unspecified atom stereocenters. The van der Waals surface area contributed by atoms with Crippen molar-refractivity contribution >= 4 is 11.8 Å². The third-order valence-electron chi connectivity index (χ3n) is 13.8. The molecule has 322 valence electrons. The molecule has 4 aliphatic rings. The molecule has 4 aromatic heterocycles. The van der Waals surface area contributed by atoms with Gasteiger partial charge in [-0.25, -0.2) is 19.9 Å². The van der Waals surface area contributed by atoms with Crippen LogP contribution in [0.1, 0.15) is 24.0 Å². The highest BCUT2D eigenvalue weighted by molar-refractivity contribution is 8.04. The highest BCUT2D eigenvalue weighted by Crippen LogP contribution is 2.67. The van der Waals surface area contributed by atoms with E-state index in [1.807, 2.05) is 121 Å². The molecule has 5 heterocycles. The van der Waals surface area contributed by atoms with Crippen molar-refractivity contribution < 1.29 is 0 Å². The lowest BCUT2D eigenvalue weighted by Gasteiger charge is -2.49. The second kappa shape index (κ2) is 16.6. The molecule has 0 amide bonds. The third kappa shape index (κ3) is 6.64. The summed E-state index contributed by atoms with van der Waals surface area (Å²) >= 11 is 2.02. The first kappa shape index (κ1) is 40.2. The molecule has 5 aromatic carbocycles. The van der Waals surface area contributed by atoms with E-state index in [0.29, 0.717) is 17.5 Å². The lowest BCUT2D eigenvalue weighted by molar-refractivity contribution is 0.453. The third-order valence-corrected chi connectivity index (χ3v) is 15.1. The monoisotopic (exact) mass is 890 g/mol. The zero-order valence-corrected chi connectivity index (χ0v) is 37.8. The fourth-order valence-corrected chi connectivity index (χ4v) is 12.3. The predicted octanol–water partition coefficient (Wildman–Crippen LogP) is 14.5. The van der Waals surface area contributed by atoms with E-state index in [1.165, 1.54) is 38.3 Å². The molecule has 0 N–H and O–H groups in total. The molecule has 1 fully saturated rings. The van der Waals surface area contributed by atoms with Gasteiger partial charge in [0.25, 0.3) is 0 Å². The molecule has 0 bridgehead atoms. The van der Waals surface area contributed by atoms with Crippen LogP contribution in [0.2, 0.25) is 0 Å². The van der Waals surface area contributed by atoms with Crippen molar-refractivity contribution in [1.29, 1.82) is 0 Å². The number of hydrogen-bond acceptors (Lipinski definition) is 7. The van der Waals surface area contributed by atoms with Crippen LogP contribution in [0.4, 0.5) is 0 Å². The van der Waals surface area contributed by atoms with Gasteiger partial charge in [0.1, 0.15) is 0 Å². The number of allylic oxidation sites excluding steroid dienone is 6. The summed E-state index contributed by atoms with van der Waals surface area (Å²) in [6.07, 6.45) is 20.2. The normalized spacial score (nSPS) is 18.5. The Labute approximate surface area is 399 Å². The van der Waals surface area contributed by atoms with E-state index in [0.717, 1.165) is 69.0 Å². The summed E-state index contributed by atoms with van der Waals surface area (Å²) in [7, 11) is 0. The number of pyridine rings is 3. The number of rotatable bonds is 7. The number of fused-ring (bicyclic) bond motifs is 9. The molecule has 9 aromatic rings. The minimum Gasteiger partial charge on any atom is -0.255 e. The summed E-state index contributed by atoms with van der Waals surface area (Å²) < 4.78 is 0. The first-order valence-corrected chi connectivity index (χ1v) is 24.1. The maximum absolute atomic E-state index is 5.20. The van der Waals surface area contributed by atoms with E-state index in [9.17, 15) is 0 Å². The SMILES string of the molecule is C1=CC2SC3=CCCC=C3C3(c4cccc(-c5ccc(-c6nc(-c7ccccc7)nc(-c7ccccc7)n6)cc5)c4-c4c(-c5cc(-c6ccccn6)nc(-c6ccccn6)c5)cccc43)C2C=C1. The highest BCUT2D eigenvalue weighted by atomic mass is 32.2. The van der Waals surface area contributed by atoms with Crippen LogP contribution in [0.3, 0.4) is 0 Å². The van der Waals surface area contributed by atoms with Crippen molar-refractivity contribution in [1.82, 2.24) is 29.9 Å². The molecule has 3 aliphatic carbocycles. The van der Waals surface area contributed by atoms with Gasteiger partial charge in [0.2, 0.25) is 0 Å². The van der Waals surface area contributed by atoms with Gasteiger partial charge >= 0.3 is 0 Å². The van der Waals surface area contributed by atoms with Gasteiger partial charge in [0, 0.05) is 45.2 Å². The van der Waals surface area contributed by atoms with E-state index < -0.39 is 5.41 Å². The van der Waals surface area contributed by atoms with Crippen molar-refractivity contribution in [3.05, 3.63) is 240 Å². The minimum absolute atomic E-state index is 0.193. The van der Waals surface area contributed by atoms with Gasteiger partial charge in [0.15, 0.2) is 17.5 Å². The topological polar surface area (TPSA) is 77.3 Å². The molecule has 1 spiro atoms. The van der Waals surface area contributed by atoms with E-state index in [4.69, 9.17) is 29.9 Å². The van der Waals surface area contributed by atoms with Crippen molar-refractivity contribution in [3.8, 4) is 90.3 Å². The summed E-state index contributed by atoms with van der Waals surface area (Å²) in [6, 6.07) is 59.5. The second-order valence-corrected chi connectivity index (χ2v) is 18.8. The van der Waals surface area contributed by atoms with E-state index in [2.05, 4.69) is 109 Å². The maximum atomic E-state index is 5.20. The van der Waals surface area contributed by atoms with Crippen LogP contribution in [-0.4, -0.2) is 35.2 Å². The molecule has 1 aliphatic heterocycles. The van der Waals surface area contributed by atoms with Crippen LogP contribution in [0.15, 0.2) is 229 Å². The molecule has 0 radical (unpaired) electrons. The molecular weight excluding hydrogens is 849 g/mol. The molecule has 68 heavy (non-hydrogen) atoms. The van der Waals surface area contributed by atoms with Gasteiger partial charge in [-0.05, 0) is 99.3 Å². The van der Waals surface area contributed by atoms with Crippen LogP contribution < -0.4 is 0 Å². The first-order valence-electron chi connectivity index (χ1n) is 23.2. The molecule has 1 saturated heterocycles. The zero-order valence-electron chi connectivity index (χ0n) is 36.9. The summed E-state index contributed by atoms with van der Waals surface area (Å²) in [5.41, 5.74) is 16.8. The van der Waals surface area contributed by atoms with Crippen LogP contribution in [0, 0.1) is 5.92 Å². The van der Waals surface area contributed by atoms with Gasteiger partial charge in [-0.3, -0.25) is 9.97 Å². The lowest BCUT2D eigenvalue weighted by atomic mass is 9.60. The van der Waals surface area contributed by atoms with Crippen molar-refractivity contribution in [2.45, 2.75) is 23.5 Å². The van der Waals surface area contributed by atoms with Crippen molar-refractivity contribution in [2.75, 3.05) is 0 Å². The second-order valence-electron chi connectivity index (χ2n) is 17.6. The van der Waals surface area contributed by atoms with Crippen LogP contribution in [0.25, 0.3) is 90.3 Å². The fraction of sp³-hybridized carbons (Fsp3) is 0.0820. The van der Waals surface area contributed by atoms with Gasteiger partial charge in [-0.2, -0.15) is 0 Å². The number of benzene rings is 5. The summed E-state index contributed by atoms with van der Waals surface area (Å²) in [5, 5.41) is 0.279. The standard InChI is InChI=1S/C61H42N6S/c1-3-17-40(18-4-1)58-65-59(41-19-5-2-6-20-41)67-60(66-58)42-33-31-39(32-34-42)44-21-15-25-48-56(44)57-45(43-37-52(50-27-11-13-35-62-50)64-53(38-43)51-28-12-14-36-63-51)22-16-26-49(57)61(48)46-23-7-9-29-54(46)68-55-30-10-8-24-47(55)61/h1-7,9,11-38,46,54H,8,10H2. The Balaban J connectivity index is 1.03. The predicted molar refractivity (Wildman–Crippen MR) is 276 cm³/mol. The number of thioether (sulfide) groups is 1. The molecule has 0 saturated carbocycles. The minimum atomic E-state index is -0.423. The summed E-state index contributed by atoms with van der Waals surface area (Å²) in [5.74, 6) is 2.11. The average molecular weight is 891 g/mol. The molecule has 13 rings (SSSR count). The Bertz CT molecular complexity index is 3420. The Hall–Kier alpha value is -8.13. The Kier molecular flexibility index (Phi) is 9.83. The van der Waals surface area contributed by atoms with Gasteiger partial charge in [0.05, 0.1) is 28.2 Å². The zero-order chi connectivity index (χ0) is 45.0. The molecule has 6 nitrogen and oxygen atoms in total. The number of nitrogens with zero attached hydrogens (tertiary/aromatic N) is 6.